The van der Waals surface area contributed by atoms with Crippen LogP contribution in [-0.4, -0.2) is 40.6 Å². The SMILES string of the molecule is Cc1ccc(-c2cnn(CC(=O)Nc3cc(-c4ccccn4)nn3C)c2)nn1. The third-order valence-electron chi connectivity index (χ3n) is 4.11. The summed E-state index contributed by atoms with van der Waals surface area (Å²) in [7, 11) is 1.77. The molecule has 0 bridgehead atoms. The number of anilines is 1. The normalized spacial score (nSPS) is 10.8. The van der Waals surface area contributed by atoms with Crippen molar-refractivity contribution in [3.8, 4) is 22.6 Å². The second-order valence-corrected chi connectivity index (χ2v) is 6.29. The molecule has 1 N–H and O–H groups in total. The minimum Gasteiger partial charge on any atom is -0.309 e. The summed E-state index contributed by atoms with van der Waals surface area (Å²) in [6, 6.07) is 11.1. The Bertz CT molecular complexity index is 1100. The van der Waals surface area contributed by atoms with Gasteiger partial charge in [-0.15, -0.1) is 0 Å². The molecule has 0 atom stereocenters. The van der Waals surface area contributed by atoms with Gasteiger partial charge in [0.1, 0.15) is 18.1 Å². The van der Waals surface area contributed by atoms with E-state index in [4.69, 9.17) is 0 Å². The van der Waals surface area contributed by atoms with Gasteiger partial charge in [0.05, 0.1) is 23.3 Å². The zero-order valence-electron chi connectivity index (χ0n) is 15.4. The van der Waals surface area contributed by atoms with Gasteiger partial charge in [0.25, 0.3) is 0 Å². The number of rotatable bonds is 5. The lowest BCUT2D eigenvalue weighted by molar-refractivity contribution is -0.116. The van der Waals surface area contributed by atoms with Crippen molar-refractivity contribution in [1.29, 1.82) is 0 Å². The van der Waals surface area contributed by atoms with Gasteiger partial charge >= 0.3 is 0 Å². The van der Waals surface area contributed by atoms with Crippen LogP contribution < -0.4 is 5.32 Å². The molecule has 9 nitrogen and oxygen atoms in total. The fourth-order valence-corrected chi connectivity index (χ4v) is 2.69. The lowest BCUT2D eigenvalue weighted by Gasteiger charge is -2.05. The number of pyridine rings is 1. The van der Waals surface area contributed by atoms with Gasteiger partial charge in [0.2, 0.25) is 5.91 Å². The quantitative estimate of drug-likeness (QED) is 0.574. The number of aryl methyl sites for hydroxylation is 2. The van der Waals surface area contributed by atoms with Crippen LogP contribution in [0.5, 0.6) is 0 Å². The summed E-state index contributed by atoms with van der Waals surface area (Å²) in [6.45, 7) is 1.95. The molecule has 0 saturated carbocycles. The summed E-state index contributed by atoms with van der Waals surface area (Å²) < 4.78 is 3.17. The Morgan fingerprint density at radius 2 is 2.00 bits per heavy atom. The third kappa shape index (κ3) is 3.78. The minimum atomic E-state index is -0.208. The topological polar surface area (TPSA) is 103 Å². The van der Waals surface area contributed by atoms with E-state index in [1.54, 1.807) is 41.1 Å². The molecule has 1 amide bonds. The number of nitrogens with one attached hydrogen (secondary N) is 1. The highest BCUT2D eigenvalue weighted by Gasteiger charge is 2.12. The molecule has 0 spiro atoms. The standard InChI is InChI=1S/C19H18N8O/c1-13-6-7-15(24-23-13)14-10-21-27(11-14)12-19(28)22-18-9-17(25-26(18)2)16-5-3-4-8-20-16/h3-11H,12H2,1-2H3,(H,22,28). The highest BCUT2D eigenvalue weighted by Crippen LogP contribution is 2.19. The molecule has 4 aromatic heterocycles. The van der Waals surface area contributed by atoms with Gasteiger partial charge in [-0.05, 0) is 31.2 Å². The van der Waals surface area contributed by atoms with Gasteiger partial charge in [-0.2, -0.15) is 20.4 Å². The van der Waals surface area contributed by atoms with Gasteiger partial charge in [-0.1, -0.05) is 6.07 Å². The lowest BCUT2D eigenvalue weighted by Crippen LogP contribution is -2.20. The third-order valence-corrected chi connectivity index (χ3v) is 4.11. The number of aromatic nitrogens is 7. The van der Waals surface area contributed by atoms with Crippen LogP contribution in [0.3, 0.4) is 0 Å². The van der Waals surface area contributed by atoms with Crippen LogP contribution in [0, 0.1) is 6.92 Å². The van der Waals surface area contributed by atoms with Crippen molar-refractivity contribution >= 4 is 11.7 Å². The van der Waals surface area contributed by atoms with E-state index in [0.717, 1.165) is 17.0 Å². The predicted molar refractivity (Wildman–Crippen MR) is 103 cm³/mol. The zero-order chi connectivity index (χ0) is 19.5. The van der Waals surface area contributed by atoms with E-state index in [0.29, 0.717) is 17.2 Å². The number of carbonyl (C=O) groups excluding carboxylic acids is 1. The first-order valence-corrected chi connectivity index (χ1v) is 8.67. The molecule has 4 aromatic rings. The molecule has 0 saturated heterocycles. The lowest BCUT2D eigenvalue weighted by atomic mass is 10.2. The Kier molecular flexibility index (Phi) is 4.63. The summed E-state index contributed by atoms with van der Waals surface area (Å²) >= 11 is 0. The van der Waals surface area contributed by atoms with Crippen LogP contribution in [0.15, 0.2) is 55.0 Å². The molecule has 0 aliphatic rings. The van der Waals surface area contributed by atoms with Crippen LogP contribution in [0.2, 0.25) is 0 Å². The highest BCUT2D eigenvalue weighted by molar-refractivity contribution is 5.90. The van der Waals surface area contributed by atoms with Gasteiger partial charge in [0.15, 0.2) is 0 Å². The summed E-state index contributed by atoms with van der Waals surface area (Å²) in [5.41, 5.74) is 3.80. The smallest absolute Gasteiger partial charge is 0.247 e. The first-order chi connectivity index (χ1) is 13.6. The van der Waals surface area contributed by atoms with Gasteiger partial charge in [-0.3, -0.25) is 19.1 Å². The number of hydrogen-bond donors (Lipinski definition) is 1. The van der Waals surface area contributed by atoms with Crippen molar-refractivity contribution in [2.45, 2.75) is 13.5 Å². The van der Waals surface area contributed by atoms with Crippen molar-refractivity contribution in [3.05, 3.63) is 60.7 Å². The molecule has 0 fully saturated rings. The van der Waals surface area contributed by atoms with E-state index >= 15 is 0 Å². The van der Waals surface area contributed by atoms with E-state index in [2.05, 4.69) is 30.7 Å². The van der Waals surface area contributed by atoms with E-state index in [9.17, 15) is 4.79 Å². The molecule has 4 rings (SSSR count). The Labute approximate surface area is 161 Å². The maximum Gasteiger partial charge on any atom is 0.247 e. The van der Waals surface area contributed by atoms with E-state index < -0.39 is 0 Å². The van der Waals surface area contributed by atoms with Crippen molar-refractivity contribution in [1.82, 2.24) is 34.7 Å². The van der Waals surface area contributed by atoms with Crippen LogP contribution in [0.1, 0.15) is 5.69 Å². The second kappa shape index (κ2) is 7.39. The van der Waals surface area contributed by atoms with Crippen LogP contribution >= 0.6 is 0 Å². The maximum atomic E-state index is 12.4. The summed E-state index contributed by atoms with van der Waals surface area (Å²) in [5.74, 6) is 0.377. The Morgan fingerprint density at radius 1 is 1.11 bits per heavy atom. The second-order valence-electron chi connectivity index (χ2n) is 6.29. The average molecular weight is 374 g/mol. The molecule has 0 radical (unpaired) electrons. The maximum absolute atomic E-state index is 12.4. The largest absolute Gasteiger partial charge is 0.309 e. The number of hydrogen-bond acceptors (Lipinski definition) is 6. The van der Waals surface area contributed by atoms with Crippen LogP contribution in [-0.2, 0) is 18.4 Å². The van der Waals surface area contributed by atoms with E-state index in [-0.39, 0.29) is 12.5 Å². The van der Waals surface area contributed by atoms with Crippen LogP contribution in [0.25, 0.3) is 22.6 Å². The predicted octanol–water partition coefficient (Wildman–Crippen LogP) is 2.08. The number of nitrogens with zero attached hydrogens (tertiary/aromatic N) is 7. The summed E-state index contributed by atoms with van der Waals surface area (Å²) in [6.07, 6.45) is 5.13. The van der Waals surface area contributed by atoms with E-state index in [1.807, 2.05) is 37.3 Å². The number of carbonyl (C=O) groups is 1. The molecule has 0 unspecified atom stereocenters. The molecule has 28 heavy (non-hydrogen) atoms. The molecule has 0 aliphatic heterocycles. The molecule has 4 heterocycles. The Hall–Kier alpha value is -3.88. The monoisotopic (exact) mass is 374 g/mol. The zero-order valence-corrected chi connectivity index (χ0v) is 15.4. The van der Waals surface area contributed by atoms with Gasteiger partial charge in [-0.25, -0.2) is 0 Å². The van der Waals surface area contributed by atoms with E-state index in [1.165, 1.54) is 0 Å². The van der Waals surface area contributed by atoms with Crippen molar-refractivity contribution < 1.29 is 4.79 Å². The van der Waals surface area contributed by atoms with Crippen molar-refractivity contribution in [2.24, 2.45) is 7.05 Å². The molecular formula is C19H18N8O. The van der Waals surface area contributed by atoms with Crippen molar-refractivity contribution in [3.63, 3.8) is 0 Å². The Balaban J connectivity index is 1.44. The molecular weight excluding hydrogens is 356 g/mol. The first-order valence-electron chi connectivity index (χ1n) is 8.67. The van der Waals surface area contributed by atoms with Gasteiger partial charge in [0, 0.05) is 31.1 Å². The molecule has 0 aromatic carbocycles. The molecule has 0 aliphatic carbocycles. The average Bonchev–Trinajstić information content (AvgIpc) is 3.30. The van der Waals surface area contributed by atoms with Gasteiger partial charge < -0.3 is 5.32 Å². The van der Waals surface area contributed by atoms with Crippen molar-refractivity contribution in [2.75, 3.05) is 5.32 Å². The minimum absolute atomic E-state index is 0.0728. The van der Waals surface area contributed by atoms with Crippen LogP contribution in [0.4, 0.5) is 5.82 Å². The summed E-state index contributed by atoms with van der Waals surface area (Å²) in [4.78, 5) is 16.7. The molecule has 140 valence electrons. The highest BCUT2D eigenvalue weighted by atomic mass is 16.2. The summed E-state index contributed by atoms with van der Waals surface area (Å²) in [5, 5.41) is 19.6. The first kappa shape index (κ1) is 17.5. The Morgan fingerprint density at radius 3 is 2.75 bits per heavy atom. The number of amides is 1. The fourth-order valence-electron chi connectivity index (χ4n) is 2.69. The fraction of sp³-hybridized carbons (Fsp3) is 0.158. The molecule has 9 heteroatoms.